The van der Waals surface area contributed by atoms with Crippen LogP contribution in [0.2, 0.25) is 0 Å². The molecular formula is C39H57N5O8S. The van der Waals surface area contributed by atoms with Crippen LogP contribution in [-0.4, -0.2) is 78.9 Å². The van der Waals surface area contributed by atoms with Crippen molar-refractivity contribution in [2.45, 2.75) is 119 Å². The SMILES string of the molecule is CC1=C(C(=O)OC2C(C)CC(C)CC2C)C(N2CCCC2=O)=NC1=Cc1[nH]c(NC(=O)C(C)NS(C)(=O)=O)c(C(=O)OC2C(C)CC(C)CC2C)c1C. The van der Waals surface area contributed by atoms with E-state index in [9.17, 15) is 27.6 Å². The molecule has 53 heavy (non-hydrogen) atoms. The van der Waals surface area contributed by atoms with E-state index >= 15 is 0 Å². The number of H-pyrrole nitrogens is 1. The molecule has 292 valence electrons. The van der Waals surface area contributed by atoms with Crippen molar-refractivity contribution in [2.75, 3.05) is 18.1 Å². The van der Waals surface area contributed by atoms with Crippen molar-refractivity contribution in [1.29, 1.82) is 0 Å². The highest BCUT2D eigenvalue weighted by molar-refractivity contribution is 7.88. The number of aliphatic imine (C=N–C) groups is 1. The summed E-state index contributed by atoms with van der Waals surface area (Å²) in [6.45, 7) is 18.0. The minimum absolute atomic E-state index is 0.0451. The molecule has 1 saturated heterocycles. The average Bonchev–Trinajstić information content (AvgIpc) is 3.70. The van der Waals surface area contributed by atoms with E-state index in [1.54, 1.807) is 19.9 Å². The van der Waals surface area contributed by atoms with Gasteiger partial charge in [0.1, 0.15) is 29.2 Å². The number of aromatic amines is 1. The monoisotopic (exact) mass is 755 g/mol. The van der Waals surface area contributed by atoms with Gasteiger partial charge in [0.25, 0.3) is 0 Å². The summed E-state index contributed by atoms with van der Waals surface area (Å²) in [5.41, 5.74) is 2.12. The Labute approximate surface area is 313 Å². The molecule has 5 atom stereocenters. The summed E-state index contributed by atoms with van der Waals surface area (Å²) in [4.78, 5) is 63.8. The molecule has 13 nitrogen and oxygen atoms in total. The fourth-order valence-electron chi connectivity index (χ4n) is 9.07. The van der Waals surface area contributed by atoms with Gasteiger partial charge in [-0.15, -0.1) is 0 Å². The third-order valence-electron chi connectivity index (χ3n) is 11.4. The first-order valence-electron chi connectivity index (χ1n) is 19.0. The summed E-state index contributed by atoms with van der Waals surface area (Å²) < 4.78 is 38.4. The van der Waals surface area contributed by atoms with Crippen LogP contribution >= 0.6 is 0 Å². The third kappa shape index (κ3) is 8.96. The second-order valence-corrected chi connectivity index (χ2v) is 18.2. The van der Waals surface area contributed by atoms with Crippen molar-refractivity contribution < 1.29 is 37.1 Å². The van der Waals surface area contributed by atoms with E-state index < -0.39 is 33.9 Å². The van der Waals surface area contributed by atoms with Crippen LogP contribution in [0.3, 0.4) is 0 Å². The Balaban J connectivity index is 1.54. The number of carbonyl (C=O) groups excluding carboxylic acids is 4. The zero-order chi connectivity index (χ0) is 39.1. The minimum Gasteiger partial charge on any atom is -0.458 e. The summed E-state index contributed by atoms with van der Waals surface area (Å²) in [5.74, 6) is -0.0184. The van der Waals surface area contributed by atoms with Gasteiger partial charge in [-0.05, 0) is 106 Å². The van der Waals surface area contributed by atoms with E-state index in [0.29, 0.717) is 53.7 Å². The molecule has 1 aromatic rings. The molecule has 0 aromatic carbocycles. The number of rotatable bonds is 9. The Hall–Kier alpha value is -3.78. The number of likely N-dealkylation sites (tertiary alicyclic amines) is 1. The van der Waals surface area contributed by atoms with Crippen LogP contribution in [0.15, 0.2) is 21.8 Å². The van der Waals surface area contributed by atoms with Gasteiger partial charge in [0.05, 0.1) is 18.0 Å². The van der Waals surface area contributed by atoms with Gasteiger partial charge < -0.3 is 19.8 Å². The maximum Gasteiger partial charge on any atom is 0.342 e. The van der Waals surface area contributed by atoms with E-state index in [-0.39, 0.29) is 64.6 Å². The number of amidine groups is 1. The van der Waals surface area contributed by atoms with Gasteiger partial charge in [0.15, 0.2) is 5.84 Å². The standard InChI is InChI=1S/C39H57N5O8S/c1-19-14-21(3)33(22(4)15-19)51-38(47)31-25(7)28(40-35(31)42-37(46)27(9)43-53(10,49)50)18-29-26(8)32(36(41-29)44-13-11-12-30(44)45)39(48)52-34-23(5)16-20(2)17-24(34)6/h18-24,27,33-34,40,43H,11-17H2,1-10H3,(H,42,46). The largest absolute Gasteiger partial charge is 0.458 e. The number of allylic oxidation sites excluding steroid dienone is 1. The molecule has 5 rings (SSSR count). The van der Waals surface area contributed by atoms with Crippen LogP contribution in [0.4, 0.5) is 5.82 Å². The number of aromatic nitrogens is 1. The lowest BCUT2D eigenvalue weighted by Gasteiger charge is -2.37. The highest BCUT2D eigenvalue weighted by Gasteiger charge is 2.41. The van der Waals surface area contributed by atoms with Gasteiger partial charge in [0, 0.05) is 18.7 Å². The molecule has 2 amide bonds. The Kier molecular flexibility index (Phi) is 12.1. The topological polar surface area (TPSA) is 176 Å². The van der Waals surface area contributed by atoms with E-state index in [4.69, 9.17) is 14.5 Å². The highest BCUT2D eigenvalue weighted by Crippen LogP contribution is 2.39. The fraction of sp³-hybridized carbons (Fsp3) is 0.667. The Morgan fingerprint density at radius 2 is 1.43 bits per heavy atom. The number of ether oxygens (including phenoxy) is 2. The van der Waals surface area contributed by atoms with Crippen LogP contribution < -0.4 is 10.0 Å². The van der Waals surface area contributed by atoms with Gasteiger partial charge >= 0.3 is 11.9 Å². The zero-order valence-corrected chi connectivity index (χ0v) is 33.6. The van der Waals surface area contributed by atoms with Crippen LogP contribution in [0.25, 0.3) is 6.08 Å². The highest BCUT2D eigenvalue weighted by atomic mass is 32.2. The lowest BCUT2D eigenvalue weighted by Crippen LogP contribution is -2.41. The second kappa shape index (κ2) is 15.9. The van der Waals surface area contributed by atoms with Gasteiger partial charge in [-0.25, -0.2) is 27.7 Å². The van der Waals surface area contributed by atoms with Gasteiger partial charge in [0.2, 0.25) is 21.8 Å². The predicted molar refractivity (Wildman–Crippen MR) is 203 cm³/mol. The lowest BCUT2D eigenvalue weighted by atomic mass is 9.75. The number of nitrogens with zero attached hydrogens (tertiary/aromatic N) is 2. The lowest BCUT2D eigenvalue weighted by molar-refractivity contribution is -0.152. The Bertz CT molecular complexity index is 1820. The van der Waals surface area contributed by atoms with Crippen molar-refractivity contribution in [2.24, 2.45) is 40.5 Å². The maximum absolute atomic E-state index is 14.0. The minimum atomic E-state index is -3.70. The summed E-state index contributed by atoms with van der Waals surface area (Å²) in [6.07, 6.45) is 6.75. The van der Waals surface area contributed by atoms with Crippen molar-refractivity contribution in [1.82, 2.24) is 14.6 Å². The molecule has 0 radical (unpaired) electrons. The first-order chi connectivity index (χ1) is 24.7. The molecule has 0 spiro atoms. The van der Waals surface area contributed by atoms with Gasteiger partial charge in [-0.1, -0.05) is 41.5 Å². The molecule has 0 bridgehead atoms. The molecule has 4 aliphatic rings. The van der Waals surface area contributed by atoms with E-state index in [1.807, 2.05) is 0 Å². The van der Waals surface area contributed by atoms with Crippen LogP contribution in [0, 0.1) is 42.4 Å². The summed E-state index contributed by atoms with van der Waals surface area (Å²) in [6, 6.07) is -1.14. The molecule has 3 N–H and O–H groups in total. The quantitative estimate of drug-likeness (QED) is 0.268. The molecule has 2 aliphatic heterocycles. The maximum atomic E-state index is 14.0. The molecule has 2 aliphatic carbocycles. The van der Waals surface area contributed by atoms with E-state index in [1.165, 1.54) is 11.8 Å². The number of esters is 2. The fourth-order valence-corrected chi connectivity index (χ4v) is 9.82. The molecule has 14 heteroatoms. The van der Waals surface area contributed by atoms with E-state index in [0.717, 1.165) is 31.9 Å². The van der Waals surface area contributed by atoms with Gasteiger partial charge in [-0.3, -0.25) is 14.5 Å². The Morgan fingerprint density at radius 1 is 0.906 bits per heavy atom. The molecular weight excluding hydrogens is 699 g/mol. The first kappa shape index (κ1) is 40.4. The van der Waals surface area contributed by atoms with Crippen LogP contribution in [0.5, 0.6) is 0 Å². The molecule has 1 aromatic heterocycles. The number of hydrogen-bond acceptors (Lipinski definition) is 9. The molecule has 2 saturated carbocycles. The Morgan fingerprint density at radius 3 is 1.92 bits per heavy atom. The smallest absolute Gasteiger partial charge is 0.342 e. The number of hydrogen-bond donors (Lipinski definition) is 3. The van der Waals surface area contributed by atoms with Crippen molar-refractivity contribution in [3.8, 4) is 0 Å². The second-order valence-electron chi connectivity index (χ2n) is 16.4. The van der Waals surface area contributed by atoms with Crippen LogP contribution in [0.1, 0.15) is 116 Å². The summed E-state index contributed by atoms with van der Waals surface area (Å²) in [5, 5.41) is 2.69. The number of sulfonamides is 1. The molecule has 5 unspecified atom stereocenters. The van der Waals surface area contributed by atoms with Crippen molar-refractivity contribution in [3.63, 3.8) is 0 Å². The predicted octanol–water partition coefficient (Wildman–Crippen LogP) is 5.73. The molecule has 3 fully saturated rings. The number of amides is 2. The number of nitrogens with one attached hydrogen (secondary N) is 3. The van der Waals surface area contributed by atoms with Gasteiger partial charge in [-0.2, -0.15) is 0 Å². The number of carbonyl (C=O) groups is 4. The molecule has 3 heterocycles. The normalized spacial score (nSPS) is 30.8. The summed E-state index contributed by atoms with van der Waals surface area (Å²) >= 11 is 0. The first-order valence-corrected chi connectivity index (χ1v) is 20.9. The average molecular weight is 756 g/mol. The summed E-state index contributed by atoms with van der Waals surface area (Å²) in [7, 11) is -3.70. The van der Waals surface area contributed by atoms with Crippen molar-refractivity contribution in [3.05, 3.63) is 33.7 Å². The zero-order valence-electron chi connectivity index (χ0n) is 32.8. The number of anilines is 1. The van der Waals surface area contributed by atoms with E-state index in [2.05, 4.69) is 56.6 Å². The third-order valence-corrected chi connectivity index (χ3v) is 12.2. The van der Waals surface area contributed by atoms with Crippen molar-refractivity contribution >= 4 is 51.5 Å². The van der Waals surface area contributed by atoms with Crippen LogP contribution in [-0.2, 0) is 33.9 Å².